The van der Waals surface area contributed by atoms with E-state index in [1.165, 1.54) is 6.07 Å². The summed E-state index contributed by atoms with van der Waals surface area (Å²) in [6.07, 6.45) is 1.06. The summed E-state index contributed by atoms with van der Waals surface area (Å²) in [5.41, 5.74) is -0.448. The van der Waals surface area contributed by atoms with Gasteiger partial charge in [0.25, 0.3) is 5.56 Å². The molecule has 3 rings (SSSR count). The molecule has 1 heterocycles. The Morgan fingerprint density at radius 3 is 2.42 bits per heavy atom. The van der Waals surface area contributed by atoms with Gasteiger partial charge in [-0.05, 0) is 30.7 Å². The van der Waals surface area contributed by atoms with Gasteiger partial charge >= 0.3 is 0 Å². The highest BCUT2D eigenvalue weighted by Gasteiger charge is 2.17. The van der Waals surface area contributed by atoms with Crippen LogP contribution in [0.5, 0.6) is 0 Å². The smallest absolute Gasteiger partial charge is 0.267 e. The minimum absolute atomic E-state index is 0.0179. The molecule has 0 aliphatic heterocycles. The number of benzene rings is 2. The van der Waals surface area contributed by atoms with E-state index < -0.39 is 23.0 Å². The maximum absolute atomic E-state index is 13.7. The molecule has 3 aromatic rings. The second kappa shape index (κ2) is 6.28. The van der Waals surface area contributed by atoms with Crippen molar-refractivity contribution in [3.63, 3.8) is 0 Å². The van der Waals surface area contributed by atoms with E-state index in [0.717, 1.165) is 22.8 Å². The molecule has 0 bridgehead atoms. The molecule has 2 aromatic carbocycles. The zero-order chi connectivity index (χ0) is 17.4. The Hall–Kier alpha value is -2.34. The number of nitrogens with zero attached hydrogens (tertiary/aromatic N) is 2. The Morgan fingerprint density at radius 1 is 1.12 bits per heavy atom. The Morgan fingerprint density at radius 2 is 1.79 bits per heavy atom. The number of rotatable bonds is 3. The van der Waals surface area contributed by atoms with E-state index in [1.807, 2.05) is 6.92 Å². The van der Waals surface area contributed by atoms with Crippen LogP contribution < -0.4 is 5.56 Å². The first-order valence-corrected chi connectivity index (χ1v) is 7.66. The highest BCUT2D eigenvalue weighted by molar-refractivity contribution is 6.35. The van der Waals surface area contributed by atoms with Gasteiger partial charge in [-0.3, -0.25) is 9.36 Å². The van der Waals surface area contributed by atoms with E-state index in [9.17, 15) is 18.0 Å². The monoisotopic (exact) mass is 352 g/mol. The third-order valence-electron chi connectivity index (χ3n) is 3.58. The lowest BCUT2D eigenvalue weighted by Gasteiger charge is -2.14. The zero-order valence-corrected chi connectivity index (χ0v) is 13.4. The van der Waals surface area contributed by atoms with Gasteiger partial charge in [0, 0.05) is 12.5 Å². The molecule has 0 saturated heterocycles. The minimum atomic E-state index is -0.829. The summed E-state index contributed by atoms with van der Waals surface area (Å²) in [6, 6.07) is 5.22. The lowest BCUT2D eigenvalue weighted by Crippen LogP contribution is -2.24. The number of halogens is 4. The van der Waals surface area contributed by atoms with E-state index in [2.05, 4.69) is 4.98 Å². The van der Waals surface area contributed by atoms with Crippen LogP contribution in [-0.2, 0) is 6.42 Å². The van der Waals surface area contributed by atoms with Crippen LogP contribution in [0, 0.1) is 17.5 Å². The van der Waals surface area contributed by atoms with Crippen LogP contribution in [0.2, 0.25) is 5.02 Å². The van der Waals surface area contributed by atoms with Crippen LogP contribution in [0.4, 0.5) is 13.2 Å². The minimum Gasteiger partial charge on any atom is -0.268 e. The van der Waals surface area contributed by atoms with E-state index >= 15 is 0 Å². The molecular weight excluding hydrogens is 341 g/mol. The third kappa shape index (κ3) is 2.78. The van der Waals surface area contributed by atoms with Crippen molar-refractivity contribution < 1.29 is 13.2 Å². The van der Waals surface area contributed by atoms with Crippen LogP contribution in [0.3, 0.4) is 0 Å². The van der Waals surface area contributed by atoms with Crippen molar-refractivity contribution in [2.24, 2.45) is 0 Å². The summed E-state index contributed by atoms with van der Waals surface area (Å²) >= 11 is 5.91. The summed E-state index contributed by atoms with van der Waals surface area (Å²) < 4.78 is 41.9. The standard InChI is InChI=1S/C17H12ClF3N2O/c1-2-3-14-22-13-5-4-12(21)16(18)15(13)17(24)23(14)11-7-9(19)6-10(20)8-11/h4-8H,2-3H2,1H3. The molecule has 0 aliphatic rings. The number of hydrogen-bond donors (Lipinski definition) is 0. The molecule has 3 nitrogen and oxygen atoms in total. The number of hydrogen-bond acceptors (Lipinski definition) is 2. The largest absolute Gasteiger partial charge is 0.268 e. The molecule has 0 radical (unpaired) electrons. The Bertz CT molecular complexity index is 981. The van der Waals surface area contributed by atoms with Gasteiger partial charge in [-0.25, -0.2) is 18.2 Å². The van der Waals surface area contributed by atoms with Gasteiger partial charge in [-0.1, -0.05) is 18.5 Å². The number of aromatic nitrogens is 2. The maximum Gasteiger partial charge on any atom is 0.267 e. The molecular formula is C17H12ClF3N2O. The SMILES string of the molecule is CCCc1nc2ccc(F)c(Cl)c2c(=O)n1-c1cc(F)cc(F)c1. The van der Waals surface area contributed by atoms with Crippen LogP contribution in [0.25, 0.3) is 16.6 Å². The Labute approximate surface area is 140 Å². The predicted octanol–water partition coefficient (Wildman–Crippen LogP) is 4.41. The quantitative estimate of drug-likeness (QED) is 0.700. The van der Waals surface area contributed by atoms with Crippen LogP contribution in [0.1, 0.15) is 19.2 Å². The van der Waals surface area contributed by atoms with Gasteiger partial charge in [-0.2, -0.15) is 0 Å². The van der Waals surface area contributed by atoms with Gasteiger partial charge in [0.15, 0.2) is 0 Å². The van der Waals surface area contributed by atoms with Crippen LogP contribution in [0.15, 0.2) is 35.1 Å². The van der Waals surface area contributed by atoms with Crippen molar-refractivity contribution in [3.8, 4) is 5.69 Å². The van der Waals surface area contributed by atoms with Gasteiger partial charge < -0.3 is 0 Å². The van der Waals surface area contributed by atoms with Crippen molar-refractivity contribution in [1.82, 2.24) is 9.55 Å². The fraction of sp³-hybridized carbons (Fsp3) is 0.176. The van der Waals surface area contributed by atoms with Gasteiger partial charge in [0.05, 0.1) is 21.6 Å². The average Bonchev–Trinajstić information content (AvgIpc) is 2.50. The summed E-state index contributed by atoms with van der Waals surface area (Å²) in [4.78, 5) is 17.2. The highest BCUT2D eigenvalue weighted by atomic mass is 35.5. The lowest BCUT2D eigenvalue weighted by atomic mass is 10.2. The summed E-state index contributed by atoms with van der Waals surface area (Å²) in [5, 5.41) is -0.486. The maximum atomic E-state index is 13.7. The van der Waals surface area contributed by atoms with E-state index in [1.54, 1.807) is 0 Å². The lowest BCUT2D eigenvalue weighted by molar-refractivity contribution is 0.580. The molecule has 0 atom stereocenters. The van der Waals surface area contributed by atoms with Crippen molar-refractivity contribution in [2.75, 3.05) is 0 Å². The average molecular weight is 353 g/mol. The molecule has 24 heavy (non-hydrogen) atoms. The first-order valence-electron chi connectivity index (χ1n) is 7.28. The third-order valence-corrected chi connectivity index (χ3v) is 3.95. The molecule has 0 fully saturated rings. The van der Waals surface area contributed by atoms with Crippen molar-refractivity contribution in [1.29, 1.82) is 0 Å². The normalized spacial score (nSPS) is 11.2. The van der Waals surface area contributed by atoms with Gasteiger partial charge in [0.2, 0.25) is 0 Å². The van der Waals surface area contributed by atoms with Crippen molar-refractivity contribution >= 4 is 22.5 Å². The topological polar surface area (TPSA) is 34.9 Å². The predicted molar refractivity (Wildman–Crippen MR) is 86.2 cm³/mol. The van der Waals surface area contributed by atoms with E-state index in [4.69, 9.17) is 11.6 Å². The Balaban J connectivity index is 2.44. The second-order valence-corrected chi connectivity index (χ2v) is 5.68. The summed E-state index contributed by atoms with van der Waals surface area (Å²) in [5.74, 6) is -2.10. The molecule has 124 valence electrons. The molecule has 0 N–H and O–H groups in total. The number of aryl methyl sites for hydroxylation is 1. The number of fused-ring (bicyclic) bond motifs is 1. The molecule has 0 amide bonds. The second-order valence-electron chi connectivity index (χ2n) is 5.30. The first-order chi connectivity index (χ1) is 11.4. The molecule has 7 heteroatoms. The van der Waals surface area contributed by atoms with Crippen molar-refractivity contribution in [3.05, 3.63) is 69.0 Å². The fourth-order valence-corrected chi connectivity index (χ4v) is 2.82. The summed E-state index contributed by atoms with van der Waals surface area (Å²) in [6.45, 7) is 1.88. The van der Waals surface area contributed by atoms with E-state index in [0.29, 0.717) is 24.7 Å². The van der Waals surface area contributed by atoms with Crippen LogP contribution in [-0.4, -0.2) is 9.55 Å². The molecule has 0 unspecified atom stereocenters. The summed E-state index contributed by atoms with van der Waals surface area (Å²) in [7, 11) is 0. The molecule has 0 spiro atoms. The molecule has 0 aliphatic carbocycles. The van der Waals surface area contributed by atoms with E-state index in [-0.39, 0.29) is 21.6 Å². The molecule has 0 saturated carbocycles. The first kappa shape index (κ1) is 16.5. The van der Waals surface area contributed by atoms with Gasteiger partial charge in [-0.15, -0.1) is 0 Å². The van der Waals surface area contributed by atoms with Crippen molar-refractivity contribution in [2.45, 2.75) is 19.8 Å². The molecule has 1 aromatic heterocycles. The van der Waals surface area contributed by atoms with Crippen LogP contribution >= 0.6 is 11.6 Å². The van der Waals surface area contributed by atoms with Gasteiger partial charge in [0.1, 0.15) is 23.3 Å². The fourth-order valence-electron chi connectivity index (χ4n) is 2.58. The Kier molecular flexibility index (Phi) is 4.32. The highest BCUT2D eigenvalue weighted by Crippen LogP contribution is 2.24. The zero-order valence-electron chi connectivity index (χ0n) is 12.6.